The number of aryl methyl sites for hydroxylation is 2. The second-order valence-corrected chi connectivity index (χ2v) is 4.99. The maximum Gasteiger partial charge on any atom is 0.146 e. The van der Waals surface area contributed by atoms with Gasteiger partial charge in [0.15, 0.2) is 0 Å². The third kappa shape index (κ3) is 3.15. The van der Waals surface area contributed by atoms with Crippen molar-refractivity contribution in [2.75, 3.05) is 0 Å². The first-order valence-electron chi connectivity index (χ1n) is 6.17. The van der Waals surface area contributed by atoms with Crippen molar-refractivity contribution in [3.8, 4) is 0 Å². The van der Waals surface area contributed by atoms with Crippen molar-refractivity contribution in [2.24, 2.45) is 5.73 Å². The van der Waals surface area contributed by atoms with Crippen LogP contribution in [0.1, 0.15) is 29.2 Å². The minimum atomic E-state index is -0.426. The van der Waals surface area contributed by atoms with E-state index in [9.17, 15) is 4.79 Å². The van der Waals surface area contributed by atoms with Crippen molar-refractivity contribution in [1.82, 2.24) is 4.98 Å². The maximum atomic E-state index is 11.3. The normalized spacial score (nSPS) is 12.3. The molecule has 1 radical (unpaired) electrons. The van der Waals surface area contributed by atoms with Gasteiger partial charge < -0.3 is 10.7 Å². The second kappa shape index (κ2) is 6.30. The molecule has 99 valence electrons. The fraction of sp³-hybridized carbons (Fsp3) is 0.400. The predicted molar refractivity (Wildman–Crippen MR) is 73.7 cm³/mol. The number of benzene rings is 1. The molecule has 1 aromatic heterocycles. The number of aromatic amines is 1. The Morgan fingerprint density at radius 2 is 2.00 bits per heavy atom. The van der Waals surface area contributed by atoms with Crippen LogP contribution in [0.15, 0.2) is 6.20 Å². The average molecular weight is 332 g/mol. The van der Waals surface area contributed by atoms with Crippen LogP contribution in [0.3, 0.4) is 0 Å². The Morgan fingerprint density at radius 1 is 1.37 bits per heavy atom. The van der Waals surface area contributed by atoms with Gasteiger partial charge in [-0.15, -0.1) is 10.9 Å². The van der Waals surface area contributed by atoms with Gasteiger partial charge in [0.05, 0.1) is 6.04 Å². The molecular formula is C15H19N2OY-. The summed E-state index contributed by atoms with van der Waals surface area (Å²) in [5.74, 6) is 0.0230. The molecule has 3 N–H and O–H groups in total. The number of hydrogen-bond donors (Lipinski definition) is 2. The van der Waals surface area contributed by atoms with Crippen molar-refractivity contribution in [2.45, 2.75) is 40.2 Å². The van der Waals surface area contributed by atoms with Crippen LogP contribution in [-0.4, -0.2) is 16.8 Å². The van der Waals surface area contributed by atoms with Crippen LogP contribution in [0.5, 0.6) is 0 Å². The zero-order chi connectivity index (χ0) is 13.4. The first kappa shape index (κ1) is 16.5. The minimum Gasteiger partial charge on any atom is -0.384 e. The number of carbonyl (C=O) groups excluding carboxylic acids is 1. The van der Waals surface area contributed by atoms with Crippen LogP contribution in [0.2, 0.25) is 0 Å². The predicted octanol–water partition coefficient (Wildman–Crippen LogP) is 2.35. The van der Waals surface area contributed by atoms with Crippen molar-refractivity contribution >= 4 is 16.7 Å². The third-order valence-corrected chi connectivity index (χ3v) is 3.74. The number of nitrogens with one attached hydrogen (secondary N) is 1. The Labute approximate surface area is 139 Å². The standard InChI is InChI=1S/C15H19N2O.Y/c1-8-5-14-15(10(3)9(8)2)12(7-17-14)6-13(16)11(4)18;/h7,13,17H,6,16H2,1-4H3;/q-1;/t13-;/m0./s1. The van der Waals surface area contributed by atoms with Gasteiger partial charge in [-0.3, -0.25) is 4.79 Å². The van der Waals surface area contributed by atoms with Gasteiger partial charge in [0, 0.05) is 32.7 Å². The van der Waals surface area contributed by atoms with E-state index in [2.05, 4.69) is 31.8 Å². The van der Waals surface area contributed by atoms with Crippen molar-refractivity contribution in [3.05, 3.63) is 34.5 Å². The summed E-state index contributed by atoms with van der Waals surface area (Å²) >= 11 is 0. The van der Waals surface area contributed by atoms with Gasteiger partial charge in [-0.25, -0.2) is 0 Å². The molecule has 0 amide bonds. The number of aromatic nitrogens is 1. The monoisotopic (exact) mass is 332 g/mol. The third-order valence-electron chi connectivity index (χ3n) is 3.74. The Balaban J connectivity index is 0.00000180. The molecule has 2 rings (SSSR count). The van der Waals surface area contributed by atoms with Gasteiger partial charge in [-0.2, -0.15) is 17.2 Å². The summed E-state index contributed by atoms with van der Waals surface area (Å²) in [7, 11) is 0. The molecule has 1 atom stereocenters. The minimum absolute atomic E-state index is 0. The molecule has 0 spiro atoms. The number of ketones is 1. The van der Waals surface area contributed by atoms with E-state index in [0.717, 1.165) is 22.0 Å². The molecule has 3 nitrogen and oxygen atoms in total. The SMILES string of the molecule is CC(=O)[C@@H](N)Cc1c[nH]c2[c-]c(C)c(C)c(C)c12.[Y]. The Kier molecular flexibility index (Phi) is 5.48. The van der Waals surface area contributed by atoms with Crippen LogP contribution in [0, 0.1) is 26.8 Å². The van der Waals surface area contributed by atoms with Gasteiger partial charge in [0.25, 0.3) is 0 Å². The number of H-pyrrole nitrogens is 1. The molecule has 2 aromatic rings. The first-order chi connectivity index (χ1) is 8.41. The number of carbonyl (C=O) groups is 1. The molecule has 0 aliphatic rings. The van der Waals surface area contributed by atoms with Gasteiger partial charge in [-0.05, 0) is 19.5 Å². The quantitative estimate of drug-likeness (QED) is 0.848. The number of fused-ring (bicyclic) bond motifs is 1. The van der Waals surface area contributed by atoms with Gasteiger partial charge in [-0.1, -0.05) is 31.9 Å². The largest absolute Gasteiger partial charge is 0.384 e. The summed E-state index contributed by atoms with van der Waals surface area (Å²) in [6.07, 6.45) is 2.52. The second-order valence-electron chi connectivity index (χ2n) is 4.99. The van der Waals surface area contributed by atoms with E-state index in [1.807, 2.05) is 6.20 Å². The van der Waals surface area contributed by atoms with Crippen molar-refractivity contribution < 1.29 is 37.5 Å². The van der Waals surface area contributed by atoms with Crippen LogP contribution in [0.25, 0.3) is 10.9 Å². The molecule has 0 unspecified atom stereocenters. The van der Waals surface area contributed by atoms with Gasteiger partial charge in [0.2, 0.25) is 0 Å². The molecule has 0 bridgehead atoms. The summed E-state index contributed by atoms with van der Waals surface area (Å²) in [5.41, 5.74) is 11.6. The maximum absolute atomic E-state index is 11.3. The first-order valence-corrected chi connectivity index (χ1v) is 6.17. The molecule has 19 heavy (non-hydrogen) atoms. The fourth-order valence-electron chi connectivity index (χ4n) is 2.28. The summed E-state index contributed by atoms with van der Waals surface area (Å²) in [4.78, 5) is 14.5. The smallest absolute Gasteiger partial charge is 0.146 e. The van der Waals surface area contributed by atoms with Crippen LogP contribution < -0.4 is 5.73 Å². The molecule has 0 aliphatic carbocycles. The van der Waals surface area contributed by atoms with E-state index in [1.165, 1.54) is 18.1 Å². The molecule has 0 saturated carbocycles. The average Bonchev–Trinajstić information content (AvgIpc) is 2.69. The van der Waals surface area contributed by atoms with Crippen LogP contribution in [-0.2, 0) is 43.9 Å². The fourth-order valence-corrected chi connectivity index (χ4v) is 2.28. The molecule has 0 saturated heterocycles. The van der Waals surface area contributed by atoms with E-state index in [-0.39, 0.29) is 38.5 Å². The van der Waals surface area contributed by atoms with Crippen LogP contribution >= 0.6 is 0 Å². The molecule has 1 aromatic carbocycles. The van der Waals surface area contributed by atoms with Gasteiger partial charge in [0.1, 0.15) is 5.78 Å². The van der Waals surface area contributed by atoms with Crippen molar-refractivity contribution in [3.63, 3.8) is 0 Å². The van der Waals surface area contributed by atoms with Crippen LogP contribution in [0.4, 0.5) is 0 Å². The number of nitrogens with two attached hydrogens (primary N) is 1. The summed E-state index contributed by atoms with van der Waals surface area (Å²) < 4.78 is 0. The molecule has 4 heteroatoms. The molecule has 0 fully saturated rings. The molecule has 0 aliphatic heterocycles. The number of rotatable bonds is 3. The summed E-state index contributed by atoms with van der Waals surface area (Å²) in [6, 6.07) is 2.91. The van der Waals surface area contributed by atoms with Crippen molar-refractivity contribution in [1.29, 1.82) is 0 Å². The topological polar surface area (TPSA) is 58.9 Å². The summed E-state index contributed by atoms with van der Waals surface area (Å²) in [6.45, 7) is 7.80. The Hall–Kier alpha value is -0.506. The number of hydrogen-bond acceptors (Lipinski definition) is 2. The molecular weight excluding hydrogens is 313 g/mol. The molecule has 1 heterocycles. The van der Waals surface area contributed by atoms with E-state index in [1.54, 1.807) is 0 Å². The Bertz CT molecular complexity index is 616. The van der Waals surface area contributed by atoms with E-state index in [4.69, 9.17) is 5.73 Å². The summed E-state index contributed by atoms with van der Waals surface area (Å²) in [5, 5.41) is 1.16. The van der Waals surface area contributed by atoms with E-state index in [0.29, 0.717) is 6.42 Å². The number of Topliss-reactive ketones (excluding diaryl/α,β-unsaturated/α-hetero) is 1. The van der Waals surface area contributed by atoms with Gasteiger partial charge >= 0.3 is 0 Å². The Morgan fingerprint density at radius 3 is 2.58 bits per heavy atom. The zero-order valence-electron chi connectivity index (χ0n) is 11.9. The zero-order valence-corrected chi connectivity index (χ0v) is 14.8. The van der Waals surface area contributed by atoms with E-state index < -0.39 is 6.04 Å². The van der Waals surface area contributed by atoms with E-state index >= 15 is 0 Å².